The molecule has 0 aliphatic rings. The van der Waals surface area contributed by atoms with E-state index >= 15 is 0 Å². The third-order valence-electron chi connectivity index (χ3n) is 2.21. The second-order valence-electron chi connectivity index (χ2n) is 3.72. The third-order valence-corrected chi connectivity index (χ3v) is 3.98. The summed E-state index contributed by atoms with van der Waals surface area (Å²) in [6.45, 7) is 6.42. The zero-order valence-corrected chi connectivity index (χ0v) is 11.0. The maximum absolute atomic E-state index is 11.8. The van der Waals surface area contributed by atoms with Crippen LogP contribution in [0.2, 0.25) is 0 Å². The molecule has 0 aliphatic heterocycles. The number of rotatable bonds is 7. The van der Waals surface area contributed by atoms with Crippen molar-refractivity contribution < 1.29 is 12.9 Å². The van der Waals surface area contributed by atoms with Gasteiger partial charge in [0, 0.05) is 6.54 Å². The number of nitrogens with one attached hydrogen (secondary N) is 2. The minimum Gasteiger partial charge on any atom is -0.338 e. The SMILES string of the molecule is CCNCC(C)S(=O)(=O)NCc1nc(C)no1. The summed E-state index contributed by atoms with van der Waals surface area (Å²) in [5.41, 5.74) is 0. The van der Waals surface area contributed by atoms with Crippen molar-refractivity contribution in [3.05, 3.63) is 11.7 Å². The van der Waals surface area contributed by atoms with Gasteiger partial charge in [-0.1, -0.05) is 12.1 Å². The second kappa shape index (κ2) is 6.08. The first-order chi connectivity index (χ1) is 7.95. The van der Waals surface area contributed by atoms with Gasteiger partial charge in [0.2, 0.25) is 15.9 Å². The van der Waals surface area contributed by atoms with Gasteiger partial charge in [0.1, 0.15) is 0 Å². The molecule has 2 N–H and O–H groups in total. The summed E-state index contributed by atoms with van der Waals surface area (Å²) >= 11 is 0. The van der Waals surface area contributed by atoms with Crippen molar-refractivity contribution in [1.82, 2.24) is 20.2 Å². The molecule has 0 fully saturated rings. The Morgan fingerprint density at radius 3 is 2.71 bits per heavy atom. The molecule has 0 radical (unpaired) electrons. The van der Waals surface area contributed by atoms with Crippen molar-refractivity contribution >= 4 is 10.0 Å². The summed E-state index contributed by atoms with van der Waals surface area (Å²) in [7, 11) is -3.36. The smallest absolute Gasteiger partial charge is 0.241 e. The van der Waals surface area contributed by atoms with E-state index in [0.717, 1.165) is 6.54 Å². The van der Waals surface area contributed by atoms with Crippen molar-refractivity contribution in [3.8, 4) is 0 Å². The van der Waals surface area contributed by atoms with Gasteiger partial charge in [-0.3, -0.25) is 0 Å². The zero-order valence-electron chi connectivity index (χ0n) is 10.2. The Labute approximate surface area is 101 Å². The van der Waals surface area contributed by atoms with Crippen molar-refractivity contribution in [2.24, 2.45) is 0 Å². The first-order valence-corrected chi connectivity index (χ1v) is 6.98. The molecule has 1 unspecified atom stereocenters. The largest absolute Gasteiger partial charge is 0.338 e. The molecule has 1 aromatic rings. The lowest BCUT2D eigenvalue weighted by molar-refractivity contribution is 0.371. The molecule has 1 aromatic heterocycles. The molecule has 0 aromatic carbocycles. The molecule has 0 saturated carbocycles. The number of nitrogens with zero attached hydrogens (tertiary/aromatic N) is 2. The van der Waals surface area contributed by atoms with Crippen LogP contribution < -0.4 is 10.0 Å². The van der Waals surface area contributed by atoms with Crippen LogP contribution in [0.3, 0.4) is 0 Å². The Balaban J connectivity index is 2.49. The molecule has 1 heterocycles. The summed E-state index contributed by atoms with van der Waals surface area (Å²) < 4.78 is 30.8. The standard InChI is InChI=1S/C9H18N4O3S/c1-4-10-5-7(2)17(14,15)11-6-9-12-8(3)13-16-9/h7,10-11H,4-6H2,1-3H3. The highest BCUT2D eigenvalue weighted by Gasteiger charge is 2.20. The number of hydrogen-bond acceptors (Lipinski definition) is 6. The zero-order chi connectivity index (χ0) is 12.9. The van der Waals surface area contributed by atoms with Gasteiger partial charge in [-0.2, -0.15) is 4.98 Å². The number of hydrogen-bond donors (Lipinski definition) is 2. The summed E-state index contributed by atoms with van der Waals surface area (Å²) in [4.78, 5) is 3.91. The Kier molecular flexibility index (Phi) is 5.03. The lowest BCUT2D eigenvalue weighted by atomic mass is 10.5. The molecule has 7 nitrogen and oxygen atoms in total. The predicted molar refractivity (Wildman–Crippen MR) is 62.8 cm³/mol. The lowest BCUT2D eigenvalue weighted by Crippen LogP contribution is -2.38. The van der Waals surface area contributed by atoms with Crippen molar-refractivity contribution in [1.29, 1.82) is 0 Å². The summed E-state index contributed by atoms with van der Waals surface area (Å²) in [6.07, 6.45) is 0. The Morgan fingerprint density at radius 1 is 1.47 bits per heavy atom. The topological polar surface area (TPSA) is 97.1 Å². The predicted octanol–water partition coefficient (Wildman–Crippen LogP) is -0.205. The van der Waals surface area contributed by atoms with Gasteiger partial charge in [0.25, 0.3) is 0 Å². The summed E-state index contributed by atoms with van der Waals surface area (Å²) in [6, 6.07) is 0. The summed E-state index contributed by atoms with van der Waals surface area (Å²) in [5.74, 6) is 0.752. The molecule has 0 amide bonds. The van der Waals surface area contributed by atoms with Gasteiger partial charge in [-0.05, 0) is 20.4 Å². The van der Waals surface area contributed by atoms with Crippen LogP contribution in [0.1, 0.15) is 25.6 Å². The molecule has 1 atom stereocenters. The van der Waals surface area contributed by atoms with E-state index in [9.17, 15) is 8.42 Å². The molecule has 0 saturated heterocycles. The minimum atomic E-state index is -3.36. The van der Waals surface area contributed by atoms with Crippen molar-refractivity contribution in [2.45, 2.75) is 32.6 Å². The highest BCUT2D eigenvalue weighted by atomic mass is 32.2. The van der Waals surface area contributed by atoms with Crippen LogP contribution >= 0.6 is 0 Å². The minimum absolute atomic E-state index is 0.0274. The molecule has 0 bridgehead atoms. The normalized spacial score (nSPS) is 13.8. The first-order valence-electron chi connectivity index (χ1n) is 5.44. The molecular formula is C9H18N4O3S. The van der Waals surface area contributed by atoms with E-state index in [1.165, 1.54) is 0 Å². The number of sulfonamides is 1. The number of aromatic nitrogens is 2. The Bertz CT molecular complexity index is 443. The fraction of sp³-hybridized carbons (Fsp3) is 0.778. The van der Waals surface area contributed by atoms with Gasteiger partial charge in [-0.25, -0.2) is 13.1 Å². The molecule has 1 rings (SSSR count). The maximum atomic E-state index is 11.8. The monoisotopic (exact) mass is 262 g/mol. The van der Waals surface area contributed by atoms with E-state index in [2.05, 4.69) is 20.2 Å². The van der Waals surface area contributed by atoms with E-state index in [-0.39, 0.29) is 12.4 Å². The average Bonchev–Trinajstić information content (AvgIpc) is 2.69. The van der Waals surface area contributed by atoms with Gasteiger partial charge < -0.3 is 9.84 Å². The van der Waals surface area contributed by atoms with Crippen LogP contribution in [-0.4, -0.2) is 36.9 Å². The average molecular weight is 262 g/mol. The van der Waals surface area contributed by atoms with E-state index in [0.29, 0.717) is 12.4 Å². The third kappa shape index (κ3) is 4.41. The van der Waals surface area contributed by atoms with Crippen LogP contribution in [0.15, 0.2) is 4.52 Å². The molecule has 0 aliphatic carbocycles. The van der Waals surface area contributed by atoms with E-state index < -0.39 is 15.3 Å². The second-order valence-corrected chi connectivity index (χ2v) is 5.90. The van der Waals surface area contributed by atoms with Crippen LogP contribution in [0, 0.1) is 6.92 Å². The van der Waals surface area contributed by atoms with Gasteiger partial charge in [-0.15, -0.1) is 0 Å². The highest BCUT2D eigenvalue weighted by molar-refractivity contribution is 7.90. The van der Waals surface area contributed by atoms with Gasteiger partial charge in [0.05, 0.1) is 11.8 Å². The fourth-order valence-corrected chi connectivity index (χ4v) is 2.12. The maximum Gasteiger partial charge on any atom is 0.241 e. The van der Waals surface area contributed by atoms with Crippen LogP contribution in [0.5, 0.6) is 0 Å². The van der Waals surface area contributed by atoms with Crippen LogP contribution in [0.4, 0.5) is 0 Å². The molecule has 17 heavy (non-hydrogen) atoms. The molecule has 0 spiro atoms. The van der Waals surface area contributed by atoms with E-state index in [1.807, 2.05) is 6.92 Å². The van der Waals surface area contributed by atoms with Crippen molar-refractivity contribution in [2.75, 3.05) is 13.1 Å². The quantitative estimate of drug-likeness (QED) is 0.706. The van der Waals surface area contributed by atoms with Crippen LogP contribution in [0.25, 0.3) is 0 Å². The molecule has 98 valence electrons. The van der Waals surface area contributed by atoms with Gasteiger partial charge in [0.15, 0.2) is 5.82 Å². The van der Waals surface area contributed by atoms with Crippen LogP contribution in [-0.2, 0) is 16.6 Å². The van der Waals surface area contributed by atoms with E-state index in [4.69, 9.17) is 4.52 Å². The highest BCUT2D eigenvalue weighted by Crippen LogP contribution is 2.00. The van der Waals surface area contributed by atoms with Gasteiger partial charge >= 0.3 is 0 Å². The summed E-state index contributed by atoms with van der Waals surface area (Å²) in [5, 5.41) is 6.06. The van der Waals surface area contributed by atoms with Crippen molar-refractivity contribution in [3.63, 3.8) is 0 Å². The fourth-order valence-electron chi connectivity index (χ4n) is 1.17. The Morgan fingerprint density at radius 2 is 2.18 bits per heavy atom. The Hall–Kier alpha value is -0.990. The lowest BCUT2D eigenvalue weighted by Gasteiger charge is -2.12. The number of aryl methyl sites for hydroxylation is 1. The molecular weight excluding hydrogens is 244 g/mol. The first kappa shape index (κ1) is 14.1. The molecule has 8 heteroatoms. The van der Waals surface area contributed by atoms with E-state index in [1.54, 1.807) is 13.8 Å².